The monoisotopic (exact) mass is 263 g/mol. The average molecular weight is 263 g/mol. The van der Waals surface area contributed by atoms with Crippen molar-refractivity contribution in [2.75, 3.05) is 0 Å². The molecular formula is C18H33N. The summed E-state index contributed by atoms with van der Waals surface area (Å²) in [6.45, 7) is 0. The van der Waals surface area contributed by atoms with E-state index in [0.717, 1.165) is 11.8 Å². The molecule has 0 bridgehead atoms. The SMILES string of the molecule is N=CC1CCCCC(C2CCCCCC2)CCCC1. The molecule has 0 unspecified atom stereocenters. The zero-order chi connectivity index (χ0) is 13.3. The highest BCUT2D eigenvalue weighted by Gasteiger charge is 2.22. The molecule has 1 N–H and O–H groups in total. The zero-order valence-electron chi connectivity index (χ0n) is 12.7. The fraction of sp³-hybridized carbons (Fsp3) is 0.944. The van der Waals surface area contributed by atoms with Gasteiger partial charge in [0.2, 0.25) is 0 Å². The molecule has 0 saturated heterocycles. The molecule has 0 aromatic heterocycles. The third-order valence-corrected chi connectivity index (χ3v) is 5.60. The van der Waals surface area contributed by atoms with Crippen molar-refractivity contribution in [1.82, 2.24) is 0 Å². The van der Waals surface area contributed by atoms with Crippen molar-refractivity contribution >= 4 is 6.21 Å². The van der Waals surface area contributed by atoms with Crippen molar-refractivity contribution in [3.63, 3.8) is 0 Å². The van der Waals surface area contributed by atoms with Gasteiger partial charge in [-0.25, -0.2) is 0 Å². The molecule has 0 spiro atoms. The molecule has 2 rings (SSSR count). The van der Waals surface area contributed by atoms with E-state index in [1.807, 2.05) is 0 Å². The lowest BCUT2D eigenvalue weighted by molar-refractivity contribution is 0.245. The minimum Gasteiger partial charge on any atom is -0.313 e. The van der Waals surface area contributed by atoms with Gasteiger partial charge in [0.15, 0.2) is 0 Å². The fourth-order valence-electron chi connectivity index (χ4n) is 4.34. The van der Waals surface area contributed by atoms with Gasteiger partial charge in [0.05, 0.1) is 0 Å². The third-order valence-electron chi connectivity index (χ3n) is 5.60. The maximum absolute atomic E-state index is 7.49. The van der Waals surface area contributed by atoms with Crippen LogP contribution in [0, 0.1) is 23.2 Å². The minimum absolute atomic E-state index is 0.592. The molecule has 0 atom stereocenters. The summed E-state index contributed by atoms with van der Waals surface area (Å²) in [5.41, 5.74) is 0. The molecule has 1 nitrogen and oxygen atoms in total. The van der Waals surface area contributed by atoms with Gasteiger partial charge in [-0.05, 0) is 36.8 Å². The molecular weight excluding hydrogens is 230 g/mol. The molecule has 0 aliphatic heterocycles. The van der Waals surface area contributed by atoms with Crippen molar-refractivity contribution in [3.8, 4) is 0 Å². The molecule has 19 heavy (non-hydrogen) atoms. The van der Waals surface area contributed by atoms with Gasteiger partial charge >= 0.3 is 0 Å². The van der Waals surface area contributed by atoms with Gasteiger partial charge in [-0.2, -0.15) is 0 Å². The van der Waals surface area contributed by atoms with Crippen LogP contribution in [0.2, 0.25) is 0 Å². The van der Waals surface area contributed by atoms with Crippen LogP contribution >= 0.6 is 0 Å². The second-order valence-corrected chi connectivity index (χ2v) is 7.01. The molecule has 0 aromatic rings. The van der Waals surface area contributed by atoms with Crippen LogP contribution in [-0.2, 0) is 0 Å². The lowest BCUT2D eigenvalue weighted by Gasteiger charge is -2.27. The van der Waals surface area contributed by atoms with Gasteiger partial charge in [0, 0.05) is 0 Å². The van der Waals surface area contributed by atoms with Crippen molar-refractivity contribution in [1.29, 1.82) is 5.41 Å². The van der Waals surface area contributed by atoms with E-state index in [2.05, 4.69) is 0 Å². The molecule has 0 amide bonds. The summed E-state index contributed by atoms with van der Waals surface area (Å²) < 4.78 is 0. The zero-order valence-corrected chi connectivity index (χ0v) is 12.7. The van der Waals surface area contributed by atoms with E-state index in [1.165, 1.54) is 89.9 Å². The number of hydrogen-bond acceptors (Lipinski definition) is 1. The second-order valence-electron chi connectivity index (χ2n) is 7.01. The Morgan fingerprint density at radius 3 is 1.32 bits per heavy atom. The highest BCUT2D eigenvalue weighted by molar-refractivity contribution is 5.56. The predicted octanol–water partition coefficient (Wildman–Crippen LogP) is 5.97. The van der Waals surface area contributed by atoms with E-state index >= 15 is 0 Å². The van der Waals surface area contributed by atoms with E-state index in [0.29, 0.717) is 5.92 Å². The van der Waals surface area contributed by atoms with E-state index in [-0.39, 0.29) is 0 Å². The maximum Gasteiger partial charge on any atom is -0.00167 e. The number of rotatable bonds is 2. The van der Waals surface area contributed by atoms with E-state index < -0.39 is 0 Å². The molecule has 110 valence electrons. The van der Waals surface area contributed by atoms with Gasteiger partial charge in [-0.3, -0.25) is 0 Å². The number of nitrogens with one attached hydrogen (secondary N) is 1. The highest BCUT2D eigenvalue weighted by atomic mass is 14.4. The summed E-state index contributed by atoms with van der Waals surface area (Å²) >= 11 is 0. The second kappa shape index (κ2) is 8.76. The molecule has 0 heterocycles. The Kier molecular flexibility index (Phi) is 6.95. The molecule has 0 aromatic carbocycles. The first-order chi connectivity index (χ1) is 9.40. The highest BCUT2D eigenvalue weighted by Crippen LogP contribution is 2.36. The Bertz CT molecular complexity index is 228. The van der Waals surface area contributed by atoms with Gasteiger partial charge in [0.25, 0.3) is 0 Å². The first-order valence-corrected chi connectivity index (χ1v) is 8.90. The summed E-state index contributed by atoms with van der Waals surface area (Å²) in [5.74, 6) is 2.68. The Hall–Kier alpha value is -0.330. The summed E-state index contributed by atoms with van der Waals surface area (Å²) in [6, 6.07) is 0. The van der Waals surface area contributed by atoms with Crippen molar-refractivity contribution in [3.05, 3.63) is 0 Å². The van der Waals surface area contributed by atoms with Gasteiger partial charge in [0.1, 0.15) is 0 Å². The van der Waals surface area contributed by atoms with Gasteiger partial charge in [-0.1, -0.05) is 77.0 Å². The topological polar surface area (TPSA) is 23.9 Å². The van der Waals surface area contributed by atoms with Crippen molar-refractivity contribution in [2.45, 2.75) is 89.9 Å². The van der Waals surface area contributed by atoms with Crippen LogP contribution in [0.3, 0.4) is 0 Å². The Labute approximate surface area is 120 Å². The number of hydrogen-bond donors (Lipinski definition) is 1. The van der Waals surface area contributed by atoms with E-state index in [9.17, 15) is 0 Å². The Morgan fingerprint density at radius 2 is 0.895 bits per heavy atom. The summed E-state index contributed by atoms with van der Waals surface area (Å²) in [7, 11) is 0. The largest absolute Gasteiger partial charge is 0.313 e. The lowest BCUT2D eigenvalue weighted by Crippen LogP contribution is -2.16. The fourth-order valence-corrected chi connectivity index (χ4v) is 4.34. The van der Waals surface area contributed by atoms with E-state index in [1.54, 1.807) is 6.21 Å². The predicted molar refractivity (Wildman–Crippen MR) is 83.9 cm³/mol. The molecule has 2 fully saturated rings. The van der Waals surface area contributed by atoms with Crippen LogP contribution in [0.4, 0.5) is 0 Å². The summed E-state index contributed by atoms with van der Waals surface area (Å²) in [4.78, 5) is 0. The minimum atomic E-state index is 0.592. The smallest absolute Gasteiger partial charge is 0.00167 e. The summed E-state index contributed by atoms with van der Waals surface area (Å²) in [6.07, 6.45) is 21.8. The third kappa shape index (κ3) is 5.28. The normalized spacial score (nSPS) is 32.4. The van der Waals surface area contributed by atoms with E-state index in [4.69, 9.17) is 5.41 Å². The van der Waals surface area contributed by atoms with Crippen LogP contribution in [0.1, 0.15) is 89.9 Å². The molecule has 2 saturated carbocycles. The van der Waals surface area contributed by atoms with Gasteiger partial charge in [-0.15, -0.1) is 0 Å². The van der Waals surface area contributed by atoms with Crippen LogP contribution in [0.25, 0.3) is 0 Å². The molecule has 0 radical (unpaired) electrons. The quantitative estimate of drug-likeness (QED) is 0.468. The molecule has 1 heteroatoms. The first kappa shape index (κ1) is 15.1. The standard InChI is InChI=1S/C18H33N/c19-15-16-9-5-7-13-18(14-8-6-10-16)17-11-3-1-2-4-12-17/h15-19H,1-14H2. The van der Waals surface area contributed by atoms with Crippen LogP contribution < -0.4 is 0 Å². The van der Waals surface area contributed by atoms with Gasteiger partial charge < -0.3 is 5.41 Å². The Balaban J connectivity index is 1.81. The Morgan fingerprint density at radius 1 is 0.526 bits per heavy atom. The van der Waals surface area contributed by atoms with Crippen molar-refractivity contribution < 1.29 is 0 Å². The molecule has 2 aliphatic carbocycles. The lowest BCUT2D eigenvalue weighted by atomic mass is 9.78. The first-order valence-electron chi connectivity index (χ1n) is 8.90. The van der Waals surface area contributed by atoms with Crippen LogP contribution in [-0.4, -0.2) is 6.21 Å². The molecule has 2 aliphatic rings. The maximum atomic E-state index is 7.49. The van der Waals surface area contributed by atoms with Crippen LogP contribution in [0.5, 0.6) is 0 Å². The summed E-state index contributed by atoms with van der Waals surface area (Å²) in [5, 5.41) is 7.49. The van der Waals surface area contributed by atoms with Crippen LogP contribution in [0.15, 0.2) is 0 Å². The average Bonchev–Trinajstić information content (AvgIpc) is 2.73. The van der Waals surface area contributed by atoms with Crippen molar-refractivity contribution in [2.24, 2.45) is 17.8 Å².